The molecule has 0 atom stereocenters. The topological polar surface area (TPSA) is 38.9 Å². The monoisotopic (exact) mass is 436 g/mol. The van der Waals surface area contributed by atoms with Gasteiger partial charge in [-0.05, 0) is 0 Å². The van der Waals surface area contributed by atoms with Gasteiger partial charge in [-0.3, -0.25) is 0 Å². The Morgan fingerprint density at radius 1 is 0.958 bits per heavy atom. The fourth-order valence-corrected chi connectivity index (χ4v) is 19.2. The van der Waals surface area contributed by atoms with Crippen molar-refractivity contribution in [1.82, 2.24) is 10.2 Å². The van der Waals surface area contributed by atoms with Gasteiger partial charge >= 0.3 is 151 Å². The van der Waals surface area contributed by atoms with E-state index in [1.54, 1.807) is 16.1 Å². The summed E-state index contributed by atoms with van der Waals surface area (Å²) in [5.41, 5.74) is 2.03. The first kappa shape index (κ1) is 19.5. The summed E-state index contributed by atoms with van der Waals surface area (Å²) in [6, 6.07) is 4.32. The zero-order valence-corrected chi connectivity index (χ0v) is 18.4. The summed E-state index contributed by atoms with van der Waals surface area (Å²) < 4.78 is 11.2. The van der Waals surface area contributed by atoms with Gasteiger partial charge in [0.25, 0.3) is 0 Å². The molecule has 0 unspecified atom stereocenters. The van der Waals surface area contributed by atoms with Crippen LogP contribution in [0.4, 0.5) is 0 Å². The normalized spacial score (nSPS) is 11.8. The molecule has 0 radical (unpaired) electrons. The molecule has 0 amide bonds. The molecule has 4 heteroatoms. The summed E-state index contributed by atoms with van der Waals surface area (Å²) in [5.74, 6) is 0. The molecule has 0 aliphatic rings. The van der Waals surface area contributed by atoms with E-state index >= 15 is 0 Å². The van der Waals surface area contributed by atoms with Gasteiger partial charge in [-0.15, -0.1) is 0 Å². The van der Waals surface area contributed by atoms with Crippen LogP contribution in [0.3, 0.4) is 0 Å². The van der Waals surface area contributed by atoms with E-state index in [0.29, 0.717) is 0 Å². The summed E-state index contributed by atoms with van der Waals surface area (Å²) in [5, 5.41) is 8.75. The molecule has 0 N–H and O–H groups in total. The van der Waals surface area contributed by atoms with Crippen molar-refractivity contribution in [2.45, 2.75) is 72.6 Å². The molecule has 2 heterocycles. The van der Waals surface area contributed by atoms with Gasteiger partial charge in [-0.1, -0.05) is 0 Å². The van der Waals surface area contributed by atoms with E-state index in [1.165, 1.54) is 51.8 Å². The van der Waals surface area contributed by atoms with Crippen molar-refractivity contribution in [3.8, 4) is 11.3 Å². The minimum atomic E-state index is -2.41. The summed E-state index contributed by atoms with van der Waals surface area (Å²) in [4.78, 5) is 0. The van der Waals surface area contributed by atoms with E-state index < -0.39 is 18.4 Å². The third kappa shape index (κ3) is 5.08. The third-order valence-electron chi connectivity index (χ3n) is 5.11. The first-order chi connectivity index (χ1) is 11.8. The van der Waals surface area contributed by atoms with Gasteiger partial charge in [0, 0.05) is 0 Å². The minimum absolute atomic E-state index is 0.979. The summed E-state index contributed by atoms with van der Waals surface area (Å²) in [6.45, 7) is 6.95. The predicted octanol–water partition coefficient (Wildman–Crippen LogP) is 5.79. The van der Waals surface area contributed by atoms with Gasteiger partial charge in [-0.25, -0.2) is 0 Å². The van der Waals surface area contributed by atoms with Crippen molar-refractivity contribution in [3.63, 3.8) is 0 Å². The van der Waals surface area contributed by atoms with Gasteiger partial charge in [0.05, 0.1) is 0 Å². The SMILES string of the molecule is CCC[CH2][Sn]([CH2]CCC)([CH2]CCC)[c]1cnnc(-c2ccoc2)c1. The number of hydrogen-bond donors (Lipinski definition) is 0. The van der Waals surface area contributed by atoms with E-state index in [1.807, 2.05) is 6.07 Å². The Balaban J connectivity index is 2.37. The molecule has 24 heavy (non-hydrogen) atoms. The average molecular weight is 435 g/mol. The third-order valence-corrected chi connectivity index (χ3v) is 20.6. The summed E-state index contributed by atoms with van der Waals surface area (Å²) >= 11 is -2.41. The second-order valence-corrected chi connectivity index (χ2v) is 20.2. The van der Waals surface area contributed by atoms with Crippen LogP contribution in [0, 0.1) is 0 Å². The quantitative estimate of drug-likeness (QED) is 0.420. The van der Waals surface area contributed by atoms with Crippen LogP contribution in [0.2, 0.25) is 13.3 Å². The van der Waals surface area contributed by atoms with Crippen molar-refractivity contribution in [2.75, 3.05) is 0 Å². The van der Waals surface area contributed by atoms with Crippen LogP contribution >= 0.6 is 0 Å². The Hall–Kier alpha value is -0.841. The zero-order chi connectivity index (χ0) is 17.3. The molecule has 2 aromatic rings. The Morgan fingerprint density at radius 3 is 2.08 bits per heavy atom. The number of unbranched alkanes of at least 4 members (excludes halogenated alkanes) is 3. The van der Waals surface area contributed by atoms with E-state index in [9.17, 15) is 0 Å². The number of furan rings is 1. The average Bonchev–Trinajstić information content (AvgIpc) is 3.16. The Bertz CT molecular complexity index is 561. The van der Waals surface area contributed by atoms with Crippen molar-refractivity contribution in [3.05, 3.63) is 30.9 Å². The molecular formula is C20H32N2OSn. The van der Waals surface area contributed by atoms with E-state index in [2.05, 4.69) is 43.2 Å². The molecule has 2 rings (SSSR count). The molecule has 0 aromatic carbocycles. The Labute approximate surface area is 151 Å². The van der Waals surface area contributed by atoms with Crippen molar-refractivity contribution in [1.29, 1.82) is 0 Å². The maximum atomic E-state index is 5.24. The van der Waals surface area contributed by atoms with Crippen LogP contribution < -0.4 is 3.58 Å². The van der Waals surface area contributed by atoms with Crippen molar-refractivity contribution >= 4 is 22.0 Å². The Kier molecular flexibility index (Phi) is 8.29. The van der Waals surface area contributed by atoms with Crippen molar-refractivity contribution in [2.24, 2.45) is 0 Å². The maximum absolute atomic E-state index is 5.24. The van der Waals surface area contributed by atoms with Gasteiger partial charge < -0.3 is 0 Å². The zero-order valence-electron chi connectivity index (χ0n) is 15.6. The number of hydrogen-bond acceptors (Lipinski definition) is 3. The van der Waals surface area contributed by atoms with Crippen LogP contribution in [0.15, 0.2) is 35.3 Å². The molecule has 132 valence electrons. The predicted molar refractivity (Wildman–Crippen MR) is 104 cm³/mol. The van der Waals surface area contributed by atoms with Crippen LogP contribution in [0.1, 0.15) is 59.3 Å². The fourth-order valence-electron chi connectivity index (χ4n) is 3.56. The molecule has 0 fully saturated rings. The van der Waals surface area contributed by atoms with Gasteiger partial charge in [0.1, 0.15) is 0 Å². The second-order valence-electron chi connectivity index (χ2n) is 6.93. The van der Waals surface area contributed by atoms with Crippen LogP contribution in [-0.4, -0.2) is 28.6 Å². The van der Waals surface area contributed by atoms with Gasteiger partial charge in [0.15, 0.2) is 0 Å². The Morgan fingerprint density at radius 2 is 1.58 bits per heavy atom. The number of nitrogens with zero attached hydrogens (tertiary/aromatic N) is 2. The van der Waals surface area contributed by atoms with Gasteiger partial charge in [0.2, 0.25) is 0 Å². The molecule has 0 saturated carbocycles. The molecule has 2 aromatic heterocycles. The second kappa shape index (κ2) is 10.2. The standard InChI is InChI=1S/C8H5N2O.3C4H9.Sn/c1-2-8(10-9-4-1)7-3-5-11-6-7;3*1-3-4-2;/h2-6H;3*1,3-4H2,2H3;. The molecule has 3 nitrogen and oxygen atoms in total. The van der Waals surface area contributed by atoms with E-state index in [0.717, 1.165) is 11.3 Å². The van der Waals surface area contributed by atoms with E-state index in [-0.39, 0.29) is 0 Å². The first-order valence-corrected chi connectivity index (χ1v) is 17.1. The summed E-state index contributed by atoms with van der Waals surface area (Å²) in [7, 11) is 0. The molecular weight excluding hydrogens is 403 g/mol. The van der Waals surface area contributed by atoms with E-state index in [4.69, 9.17) is 4.42 Å². The molecule has 0 spiro atoms. The van der Waals surface area contributed by atoms with Crippen LogP contribution in [-0.2, 0) is 0 Å². The van der Waals surface area contributed by atoms with Crippen LogP contribution in [0.25, 0.3) is 11.3 Å². The molecule has 0 aliphatic carbocycles. The van der Waals surface area contributed by atoms with Crippen molar-refractivity contribution < 1.29 is 4.42 Å². The van der Waals surface area contributed by atoms with Crippen LogP contribution in [0.5, 0.6) is 0 Å². The molecule has 0 aliphatic heterocycles. The molecule has 0 saturated heterocycles. The summed E-state index contributed by atoms with van der Waals surface area (Å²) in [6.07, 6.45) is 13.6. The number of aromatic nitrogens is 2. The molecule has 0 bridgehead atoms. The fraction of sp³-hybridized carbons (Fsp3) is 0.600. The van der Waals surface area contributed by atoms with Gasteiger partial charge in [-0.2, -0.15) is 0 Å². The first-order valence-electron chi connectivity index (χ1n) is 9.61. The number of rotatable bonds is 11.